The SMILES string of the molecule is COc1cccc(C(=O)OCC(=O)c2cc(C)c(C)c(C)c2C)c1O. The van der Waals surface area contributed by atoms with Gasteiger partial charge in [0.15, 0.2) is 18.1 Å². The Labute approximate surface area is 147 Å². The van der Waals surface area contributed by atoms with Crippen LogP contribution >= 0.6 is 0 Å². The molecule has 0 atom stereocenters. The van der Waals surface area contributed by atoms with Gasteiger partial charge in [0.2, 0.25) is 5.78 Å². The van der Waals surface area contributed by atoms with E-state index in [1.807, 2.05) is 33.8 Å². The number of para-hydroxylation sites is 1. The van der Waals surface area contributed by atoms with Crippen molar-refractivity contribution in [2.45, 2.75) is 27.7 Å². The van der Waals surface area contributed by atoms with Crippen LogP contribution in [0.3, 0.4) is 0 Å². The minimum absolute atomic E-state index is 0.0415. The Morgan fingerprint density at radius 1 is 1.00 bits per heavy atom. The topological polar surface area (TPSA) is 72.8 Å². The molecule has 0 aliphatic rings. The standard InChI is InChI=1S/C20H22O5/c1-11-9-16(14(4)13(3)12(11)2)17(21)10-25-20(23)15-7-6-8-18(24-5)19(15)22/h6-9,22H,10H2,1-5H3. The van der Waals surface area contributed by atoms with Crippen molar-refractivity contribution in [2.24, 2.45) is 0 Å². The number of ketones is 1. The summed E-state index contributed by atoms with van der Waals surface area (Å²) in [4.78, 5) is 24.6. The summed E-state index contributed by atoms with van der Waals surface area (Å²) in [7, 11) is 1.39. The molecule has 0 aliphatic heterocycles. The van der Waals surface area contributed by atoms with E-state index in [1.54, 1.807) is 6.07 Å². The molecule has 0 aliphatic carbocycles. The number of esters is 1. The summed E-state index contributed by atoms with van der Waals surface area (Å²) in [6.45, 7) is 7.41. The van der Waals surface area contributed by atoms with E-state index >= 15 is 0 Å². The molecule has 2 aromatic carbocycles. The molecule has 0 fully saturated rings. The molecule has 0 heterocycles. The smallest absolute Gasteiger partial charge is 0.342 e. The fourth-order valence-corrected chi connectivity index (χ4v) is 2.64. The molecule has 0 radical (unpaired) electrons. The summed E-state index contributed by atoms with van der Waals surface area (Å²) >= 11 is 0. The van der Waals surface area contributed by atoms with Crippen LogP contribution in [0.2, 0.25) is 0 Å². The number of rotatable bonds is 5. The molecule has 5 nitrogen and oxygen atoms in total. The Bertz CT molecular complexity index is 836. The van der Waals surface area contributed by atoms with Crippen molar-refractivity contribution in [3.63, 3.8) is 0 Å². The van der Waals surface area contributed by atoms with Gasteiger partial charge in [0.25, 0.3) is 0 Å². The van der Waals surface area contributed by atoms with Crippen molar-refractivity contribution >= 4 is 11.8 Å². The highest BCUT2D eigenvalue weighted by atomic mass is 16.5. The molecule has 25 heavy (non-hydrogen) atoms. The Kier molecular flexibility index (Phi) is 5.47. The van der Waals surface area contributed by atoms with Crippen molar-refractivity contribution in [1.29, 1.82) is 0 Å². The molecule has 1 N–H and O–H groups in total. The Morgan fingerprint density at radius 2 is 1.68 bits per heavy atom. The molecule has 0 saturated heterocycles. The number of Topliss-reactive ketones (excluding diaryl/α,β-unsaturated/α-hetero) is 1. The van der Waals surface area contributed by atoms with E-state index in [2.05, 4.69) is 0 Å². The lowest BCUT2D eigenvalue weighted by Gasteiger charge is -2.14. The third-order valence-corrected chi connectivity index (χ3v) is 4.55. The van der Waals surface area contributed by atoms with Crippen molar-refractivity contribution in [3.8, 4) is 11.5 Å². The third kappa shape index (κ3) is 3.65. The van der Waals surface area contributed by atoms with Gasteiger partial charge in [-0.2, -0.15) is 0 Å². The van der Waals surface area contributed by atoms with Crippen LogP contribution in [-0.4, -0.2) is 30.6 Å². The molecule has 0 unspecified atom stereocenters. The maximum absolute atomic E-state index is 12.5. The Hall–Kier alpha value is -2.82. The highest BCUT2D eigenvalue weighted by molar-refractivity contribution is 6.01. The van der Waals surface area contributed by atoms with Gasteiger partial charge in [-0.3, -0.25) is 4.79 Å². The van der Waals surface area contributed by atoms with E-state index in [4.69, 9.17) is 9.47 Å². The Morgan fingerprint density at radius 3 is 2.32 bits per heavy atom. The predicted molar refractivity (Wildman–Crippen MR) is 94.7 cm³/mol. The van der Waals surface area contributed by atoms with Crippen molar-refractivity contribution in [3.05, 3.63) is 57.6 Å². The summed E-state index contributed by atoms with van der Waals surface area (Å²) < 4.78 is 10.0. The largest absolute Gasteiger partial charge is 0.504 e. The lowest BCUT2D eigenvalue weighted by atomic mass is 9.93. The van der Waals surface area contributed by atoms with Gasteiger partial charge in [-0.15, -0.1) is 0 Å². The second-order valence-electron chi connectivity index (χ2n) is 5.97. The lowest BCUT2D eigenvalue weighted by molar-refractivity contribution is 0.0471. The molecule has 2 rings (SSSR count). The molecule has 0 amide bonds. The van der Waals surface area contributed by atoms with Gasteiger partial charge in [0.05, 0.1) is 7.11 Å². The maximum atomic E-state index is 12.5. The van der Waals surface area contributed by atoms with E-state index < -0.39 is 12.6 Å². The van der Waals surface area contributed by atoms with Crippen LogP contribution < -0.4 is 4.74 Å². The molecule has 0 bridgehead atoms. The number of aromatic hydroxyl groups is 1. The summed E-state index contributed by atoms with van der Waals surface area (Å²) in [6.07, 6.45) is 0. The average molecular weight is 342 g/mol. The highest BCUT2D eigenvalue weighted by Gasteiger charge is 2.19. The molecule has 132 valence electrons. The Balaban J connectivity index is 2.17. The summed E-state index contributed by atoms with van der Waals surface area (Å²) in [5.41, 5.74) is 4.60. The van der Waals surface area contributed by atoms with Crippen LogP contribution in [0.15, 0.2) is 24.3 Å². The first kappa shape index (κ1) is 18.5. The number of benzene rings is 2. The van der Waals surface area contributed by atoms with E-state index in [0.29, 0.717) is 5.56 Å². The number of hydrogen-bond donors (Lipinski definition) is 1. The molecule has 0 spiro atoms. The van der Waals surface area contributed by atoms with Crippen LogP contribution in [-0.2, 0) is 4.74 Å². The second-order valence-corrected chi connectivity index (χ2v) is 5.97. The zero-order valence-corrected chi connectivity index (χ0v) is 15.1. The van der Waals surface area contributed by atoms with E-state index in [0.717, 1.165) is 22.3 Å². The average Bonchev–Trinajstić information content (AvgIpc) is 2.60. The van der Waals surface area contributed by atoms with Crippen LogP contribution in [0.25, 0.3) is 0 Å². The molecule has 0 saturated carbocycles. The van der Waals surface area contributed by atoms with Crippen molar-refractivity contribution in [1.82, 2.24) is 0 Å². The van der Waals surface area contributed by atoms with Crippen molar-refractivity contribution < 1.29 is 24.2 Å². The van der Waals surface area contributed by atoms with Crippen LogP contribution in [0, 0.1) is 27.7 Å². The fraction of sp³-hybridized carbons (Fsp3) is 0.300. The minimum Gasteiger partial charge on any atom is -0.504 e. The summed E-state index contributed by atoms with van der Waals surface area (Å²) in [5.74, 6) is -1.19. The first-order chi connectivity index (χ1) is 11.8. The van der Waals surface area contributed by atoms with Gasteiger partial charge in [0, 0.05) is 5.56 Å². The van der Waals surface area contributed by atoms with Gasteiger partial charge in [0.1, 0.15) is 5.56 Å². The minimum atomic E-state index is -0.775. The molecular weight excluding hydrogens is 320 g/mol. The van der Waals surface area contributed by atoms with Crippen molar-refractivity contribution in [2.75, 3.05) is 13.7 Å². The zero-order chi connectivity index (χ0) is 18.7. The first-order valence-electron chi connectivity index (χ1n) is 7.91. The summed E-state index contributed by atoms with van der Waals surface area (Å²) in [5, 5.41) is 9.98. The number of phenols is 1. The monoisotopic (exact) mass is 342 g/mol. The number of aryl methyl sites for hydroxylation is 1. The van der Waals surface area contributed by atoms with E-state index in [-0.39, 0.29) is 22.8 Å². The highest BCUT2D eigenvalue weighted by Crippen LogP contribution is 2.30. The number of phenolic OH excluding ortho intramolecular Hbond substituents is 1. The molecular formula is C20H22O5. The molecule has 0 aromatic heterocycles. The number of carbonyl (C=O) groups excluding carboxylic acids is 2. The second kappa shape index (κ2) is 7.38. The van der Waals surface area contributed by atoms with Gasteiger partial charge in [-0.05, 0) is 68.1 Å². The lowest BCUT2D eigenvalue weighted by Crippen LogP contribution is -2.16. The summed E-state index contributed by atoms with van der Waals surface area (Å²) in [6, 6.07) is 6.32. The van der Waals surface area contributed by atoms with Crippen LogP contribution in [0.1, 0.15) is 43.0 Å². The van der Waals surface area contributed by atoms with E-state index in [9.17, 15) is 14.7 Å². The van der Waals surface area contributed by atoms with Gasteiger partial charge < -0.3 is 14.6 Å². The number of methoxy groups -OCH3 is 1. The third-order valence-electron chi connectivity index (χ3n) is 4.55. The fourth-order valence-electron chi connectivity index (χ4n) is 2.64. The van der Waals surface area contributed by atoms with Gasteiger partial charge in [-0.1, -0.05) is 6.07 Å². The normalized spacial score (nSPS) is 10.4. The van der Waals surface area contributed by atoms with Crippen LogP contribution in [0.4, 0.5) is 0 Å². The van der Waals surface area contributed by atoms with Gasteiger partial charge >= 0.3 is 5.97 Å². The predicted octanol–water partition coefficient (Wildman–Crippen LogP) is 3.67. The number of hydrogen-bond acceptors (Lipinski definition) is 5. The number of carbonyl (C=O) groups is 2. The first-order valence-corrected chi connectivity index (χ1v) is 7.91. The van der Waals surface area contributed by atoms with Crippen LogP contribution in [0.5, 0.6) is 11.5 Å². The zero-order valence-electron chi connectivity index (χ0n) is 15.1. The maximum Gasteiger partial charge on any atom is 0.342 e. The van der Waals surface area contributed by atoms with E-state index in [1.165, 1.54) is 19.2 Å². The molecule has 5 heteroatoms. The number of ether oxygens (including phenoxy) is 2. The molecule has 2 aromatic rings. The van der Waals surface area contributed by atoms with Gasteiger partial charge in [-0.25, -0.2) is 4.79 Å². The quantitative estimate of drug-likeness (QED) is 0.663.